The highest BCUT2D eigenvalue weighted by Crippen LogP contribution is 2.14. The summed E-state index contributed by atoms with van der Waals surface area (Å²) in [7, 11) is 2.06. The number of amides is 1. The number of carbonyl (C=O) groups excluding carboxylic acids is 1. The molecule has 0 aromatic carbocycles. The van der Waals surface area contributed by atoms with Crippen LogP contribution in [0.5, 0.6) is 0 Å². The zero-order valence-electron chi connectivity index (χ0n) is 10.3. The van der Waals surface area contributed by atoms with Gasteiger partial charge >= 0.3 is 5.97 Å². The molecule has 1 fully saturated rings. The standard InChI is InChI=1S/C11H20N2O4/c1-8-5-13(2)4-3-9(8)12-10(14)6-17-7-11(15)16/h8-9H,3-7H2,1-2H3,(H,12,14)(H,15,16). The molecule has 17 heavy (non-hydrogen) atoms. The van der Waals surface area contributed by atoms with Crippen LogP contribution in [0.15, 0.2) is 0 Å². The van der Waals surface area contributed by atoms with Crippen LogP contribution in [0.2, 0.25) is 0 Å². The number of nitrogens with one attached hydrogen (secondary N) is 1. The maximum absolute atomic E-state index is 11.5. The van der Waals surface area contributed by atoms with E-state index in [1.54, 1.807) is 0 Å². The first-order chi connectivity index (χ1) is 7.99. The SMILES string of the molecule is CC1CN(C)CCC1NC(=O)COCC(=O)O. The summed E-state index contributed by atoms with van der Waals surface area (Å²) in [5.41, 5.74) is 0. The summed E-state index contributed by atoms with van der Waals surface area (Å²) in [4.78, 5) is 23.9. The quantitative estimate of drug-likeness (QED) is 0.684. The van der Waals surface area contributed by atoms with E-state index in [2.05, 4.69) is 24.2 Å². The molecule has 1 saturated heterocycles. The van der Waals surface area contributed by atoms with Gasteiger partial charge in [-0.1, -0.05) is 6.92 Å². The number of ether oxygens (including phenoxy) is 1. The molecule has 2 unspecified atom stereocenters. The number of rotatable bonds is 5. The van der Waals surface area contributed by atoms with Crippen LogP contribution in [0, 0.1) is 5.92 Å². The van der Waals surface area contributed by atoms with Crippen molar-refractivity contribution in [3.63, 3.8) is 0 Å². The number of nitrogens with zero attached hydrogens (tertiary/aromatic N) is 1. The van der Waals surface area contributed by atoms with Gasteiger partial charge in [0.05, 0.1) is 0 Å². The highest BCUT2D eigenvalue weighted by atomic mass is 16.5. The van der Waals surface area contributed by atoms with E-state index >= 15 is 0 Å². The summed E-state index contributed by atoms with van der Waals surface area (Å²) in [5.74, 6) is -0.907. The fourth-order valence-electron chi connectivity index (χ4n) is 2.05. The first-order valence-electron chi connectivity index (χ1n) is 5.76. The van der Waals surface area contributed by atoms with Crippen molar-refractivity contribution < 1.29 is 19.4 Å². The van der Waals surface area contributed by atoms with E-state index in [4.69, 9.17) is 9.84 Å². The molecule has 0 aromatic heterocycles. The van der Waals surface area contributed by atoms with Gasteiger partial charge in [0.25, 0.3) is 0 Å². The minimum atomic E-state index is -1.06. The number of carbonyl (C=O) groups is 2. The third kappa shape index (κ3) is 5.14. The fraction of sp³-hybridized carbons (Fsp3) is 0.818. The Labute approximate surface area is 101 Å². The minimum Gasteiger partial charge on any atom is -0.480 e. The van der Waals surface area contributed by atoms with Crippen LogP contribution >= 0.6 is 0 Å². The summed E-state index contributed by atoms with van der Waals surface area (Å²) in [6, 6.07) is 0.159. The molecule has 2 N–H and O–H groups in total. The lowest BCUT2D eigenvalue weighted by Gasteiger charge is -2.35. The van der Waals surface area contributed by atoms with Gasteiger partial charge in [-0.2, -0.15) is 0 Å². The van der Waals surface area contributed by atoms with Gasteiger partial charge in [-0.15, -0.1) is 0 Å². The van der Waals surface area contributed by atoms with Crippen molar-refractivity contribution in [2.45, 2.75) is 19.4 Å². The molecule has 0 radical (unpaired) electrons. The smallest absolute Gasteiger partial charge is 0.329 e. The number of hydrogen-bond donors (Lipinski definition) is 2. The third-order valence-electron chi connectivity index (χ3n) is 2.91. The Morgan fingerprint density at radius 3 is 2.76 bits per heavy atom. The van der Waals surface area contributed by atoms with E-state index in [0.29, 0.717) is 5.92 Å². The molecule has 1 aliphatic rings. The molecule has 0 saturated carbocycles. The lowest BCUT2D eigenvalue weighted by Crippen LogP contribution is -2.49. The van der Waals surface area contributed by atoms with Crippen LogP contribution in [0.25, 0.3) is 0 Å². The summed E-state index contributed by atoms with van der Waals surface area (Å²) >= 11 is 0. The van der Waals surface area contributed by atoms with Crippen molar-refractivity contribution in [3.05, 3.63) is 0 Å². The molecule has 6 heteroatoms. The highest BCUT2D eigenvalue weighted by Gasteiger charge is 2.25. The van der Waals surface area contributed by atoms with Crippen molar-refractivity contribution in [2.24, 2.45) is 5.92 Å². The molecular formula is C11H20N2O4. The van der Waals surface area contributed by atoms with Crippen LogP contribution in [-0.4, -0.2) is 61.3 Å². The average Bonchev–Trinajstić information content (AvgIpc) is 2.21. The van der Waals surface area contributed by atoms with Gasteiger partial charge < -0.3 is 20.1 Å². The second-order valence-corrected chi connectivity index (χ2v) is 4.59. The average molecular weight is 244 g/mol. The number of carboxylic acids is 1. The summed E-state index contributed by atoms with van der Waals surface area (Å²) in [6.07, 6.45) is 0.919. The Kier molecular flexibility index (Phi) is 5.37. The molecule has 2 atom stereocenters. The number of likely N-dealkylation sites (tertiary alicyclic amines) is 1. The third-order valence-corrected chi connectivity index (χ3v) is 2.91. The molecule has 1 amide bonds. The Morgan fingerprint density at radius 1 is 1.47 bits per heavy atom. The maximum Gasteiger partial charge on any atom is 0.329 e. The van der Waals surface area contributed by atoms with Gasteiger partial charge in [0, 0.05) is 12.6 Å². The maximum atomic E-state index is 11.5. The van der Waals surface area contributed by atoms with Gasteiger partial charge in [-0.25, -0.2) is 4.79 Å². The second-order valence-electron chi connectivity index (χ2n) is 4.59. The molecule has 1 heterocycles. The highest BCUT2D eigenvalue weighted by molar-refractivity contribution is 5.78. The lowest BCUT2D eigenvalue weighted by molar-refractivity contribution is -0.143. The normalized spacial score (nSPS) is 25.5. The van der Waals surface area contributed by atoms with Gasteiger partial charge in [0.1, 0.15) is 13.2 Å². The van der Waals surface area contributed by atoms with E-state index in [9.17, 15) is 9.59 Å². The summed E-state index contributed by atoms with van der Waals surface area (Å²) < 4.78 is 4.73. The van der Waals surface area contributed by atoms with Crippen LogP contribution in [0.3, 0.4) is 0 Å². The monoisotopic (exact) mass is 244 g/mol. The largest absolute Gasteiger partial charge is 0.480 e. The first kappa shape index (κ1) is 13.9. The van der Waals surface area contributed by atoms with Gasteiger partial charge in [-0.3, -0.25) is 4.79 Å². The van der Waals surface area contributed by atoms with Crippen LogP contribution < -0.4 is 5.32 Å². The zero-order valence-corrected chi connectivity index (χ0v) is 10.3. The van der Waals surface area contributed by atoms with E-state index < -0.39 is 12.6 Å². The van der Waals surface area contributed by atoms with Gasteiger partial charge in [-0.05, 0) is 25.9 Å². The van der Waals surface area contributed by atoms with Crippen molar-refractivity contribution in [1.82, 2.24) is 10.2 Å². The molecular weight excluding hydrogens is 224 g/mol. The predicted octanol–water partition coefficient (Wildman–Crippen LogP) is -0.456. The van der Waals surface area contributed by atoms with E-state index in [1.165, 1.54) is 0 Å². The molecule has 0 aliphatic carbocycles. The number of piperidine rings is 1. The molecule has 0 bridgehead atoms. The predicted molar refractivity (Wildman–Crippen MR) is 61.7 cm³/mol. The van der Waals surface area contributed by atoms with Crippen molar-refractivity contribution in [1.29, 1.82) is 0 Å². The number of hydrogen-bond acceptors (Lipinski definition) is 4. The Morgan fingerprint density at radius 2 is 2.18 bits per heavy atom. The van der Waals surface area contributed by atoms with Gasteiger partial charge in [0.15, 0.2) is 0 Å². The molecule has 1 rings (SSSR count). The fourth-order valence-corrected chi connectivity index (χ4v) is 2.05. The van der Waals surface area contributed by atoms with E-state index in [0.717, 1.165) is 19.5 Å². The minimum absolute atomic E-state index is 0.159. The summed E-state index contributed by atoms with van der Waals surface area (Å²) in [5, 5.41) is 11.2. The van der Waals surface area contributed by atoms with Crippen molar-refractivity contribution >= 4 is 11.9 Å². The van der Waals surface area contributed by atoms with Crippen molar-refractivity contribution in [3.8, 4) is 0 Å². The topological polar surface area (TPSA) is 78.9 Å². The molecule has 0 spiro atoms. The van der Waals surface area contributed by atoms with Crippen LogP contribution in [-0.2, 0) is 14.3 Å². The second kappa shape index (κ2) is 6.56. The Bertz CT molecular complexity index is 283. The molecule has 0 aromatic rings. The molecule has 98 valence electrons. The molecule has 1 aliphatic heterocycles. The zero-order chi connectivity index (χ0) is 12.8. The molecule has 6 nitrogen and oxygen atoms in total. The van der Waals surface area contributed by atoms with Gasteiger partial charge in [0.2, 0.25) is 5.91 Å². The van der Waals surface area contributed by atoms with Crippen LogP contribution in [0.4, 0.5) is 0 Å². The van der Waals surface area contributed by atoms with Crippen molar-refractivity contribution in [2.75, 3.05) is 33.4 Å². The lowest BCUT2D eigenvalue weighted by atomic mass is 9.94. The van der Waals surface area contributed by atoms with E-state index in [1.807, 2.05) is 0 Å². The number of carboxylic acid groups (broad SMARTS) is 1. The van der Waals surface area contributed by atoms with Crippen LogP contribution in [0.1, 0.15) is 13.3 Å². The Hall–Kier alpha value is -1.14. The first-order valence-corrected chi connectivity index (χ1v) is 5.76. The number of aliphatic carboxylic acids is 1. The summed E-state index contributed by atoms with van der Waals surface area (Å²) in [6.45, 7) is 3.40. The Balaban J connectivity index is 2.23. The van der Waals surface area contributed by atoms with E-state index in [-0.39, 0.29) is 18.6 Å².